The molecule has 19 heavy (non-hydrogen) atoms. The molecule has 0 radical (unpaired) electrons. The SMILES string of the molecule is Cc1cc2nccc(C(=O)NCCCN(C)C)n2n1. The van der Waals surface area contributed by atoms with E-state index in [9.17, 15) is 4.79 Å². The summed E-state index contributed by atoms with van der Waals surface area (Å²) in [6, 6.07) is 3.53. The zero-order chi connectivity index (χ0) is 13.8. The molecule has 0 unspecified atom stereocenters. The van der Waals surface area contributed by atoms with Gasteiger partial charge in [0.25, 0.3) is 5.91 Å². The van der Waals surface area contributed by atoms with Gasteiger partial charge in [0, 0.05) is 18.8 Å². The van der Waals surface area contributed by atoms with Crippen molar-refractivity contribution in [2.75, 3.05) is 27.2 Å². The number of rotatable bonds is 5. The van der Waals surface area contributed by atoms with E-state index in [0.29, 0.717) is 17.9 Å². The van der Waals surface area contributed by atoms with E-state index in [-0.39, 0.29) is 5.91 Å². The monoisotopic (exact) mass is 261 g/mol. The Morgan fingerprint density at radius 2 is 2.26 bits per heavy atom. The van der Waals surface area contributed by atoms with Gasteiger partial charge in [0.15, 0.2) is 5.65 Å². The third-order valence-electron chi connectivity index (χ3n) is 2.78. The highest BCUT2D eigenvalue weighted by atomic mass is 16.1. The van der Waals surface area contributed by atoms with Crippen LogP contribution < -0.4 is 5.32 Å². The molecule has 2 rings (SSSR count). The molecule has 1 amide bonds. The largest absolute Gasteiger partial charge is 0.351 e. The van der Waals surface area contributed by atoms with Crippen LogP contribution in [0.15, 0.2) is 18.3 Å². The second-order valence-electron chi connectivity index (χ2n) is 4.80. The number of nitrogens with one attached hydrogen (secondary N) is 1. The van der Waals surface area contributed by atoms with Gasteiger partial charge in [0.1, 0.15) is 5.69 Å². The molecule has 0 saturated heterocycles. The molecule has 2 aromatic heterocycles. The third kappa shape index (κ3) is 3.29. The maximum Gasteiger partial charge on any atom is 0.270 e. The van der Waals surface area contributed by atoms with Gasteiger partial charge in [-0.3, -0.25) is 4.79 Å². The first kappa shape index (κ1) is 13.5. The van der Waals surface area contributed by atoms with Crippen molar-refractivity contribution in [1.82, 2.24) is 24.8 Å². The number of carbonyl (C=O) groups is 1. The number of aryl methyl sites for hydroxylation is 1. The van der Waals surface area contributed by atoms with Crippen LogP contribution in [-0.4, -0.2) is 52.6 Å². The predicted molar refractivity (Wildman–Crippen MR) is 73.2 cm³/mol. The number of aromatic nitrogens is 3. The van der Waals surface area contributed by atoms with E-state index in [0.717, 1.165) is 18.7 Å². The van der Waals surface area contributed by atoms with Gasteiger partial charge in [-0.1, -0.05) is 0 Å². The first-order chi connectivity index (χ1) is 9.08. The van der Waals surface area contributed by atoms with Crippen LogP contribution in [-0.2, 0) is 0 Å². The Kier molecular flexibility index (Phi) is 4.11. The molecule has 0 saturated carbocycles. The number of nitrogens with zero attached hydrogens (tertiary/aromatic N) is 4. The molecule has 0 aliphatic rings. The summed E-state index contributed by atoms with van der Waals surface area (Å²) < 4.78 is 1.58. The van der Waals surface area contributed by atoms with Gasteiger partial charge in [0.2, 0.25) is 0 Å². The second kappa shape index (κ2) is 5.79. The Morgan fingerprint density at radius 1 is 1.47 bits per heavy atom. The van der Waals surface area contributed by atoms with Gasteiger partial charge in [-0.05, 0) is 40.1 Å². The molecular weight excluding hydrogens is 242 g/mol. The molecule has 0 aromatic carbocycles. The molecule has 6 heteroatoms. The van der Waals surface area contributed by atoms with Gasteiger partial charge in [-0.25, -0.2) is 9.50 Å². The molecule has 0 fully saturated rings. The summed E-state index contributed by atoms with van der Waals surface area (Å²) in [7, 11) is 4.03. The zero-order valence-electron chi connectivity index (χ0n) is 11.6. The first-order valence-corrected chi connectivity index (χ1v) is 6.32. The zero-order valence-corrected chi connectivity index (χ0v) is 11.6. The highest BCUT2D eigenvalue weighted by molar-refractivity contribution is 5.92. The fourth-order valence-corrected chi connectivity index (χ4v) is 1.87. The summed E-state index contributed by atoms with van der Waals surface area (Å²) >= 11 is 0. The van der Waals surface area contributed by atoms with Gasteiger partial charge < -0.3 is 10.2 Å². The summed E-state index contributed by atoms with van der Waals surface area (Å²) in [5.74, 6) is -0.116. The molecule has 2 heterocycles. The molecule has 0 atom stereocenters. The lowest BCUT2D eigenvalue weighted by Gasteiger charge is -2.10. The molecule has 0 bridgehead atoms. The van der Waals surface area contributed by atoms with Crippen molar-refractivity contribution in [1.29, 1.82) is 0 Å². The van der Waals surface area contributed by atoms with Crippen molar-refractivity contribution in [3.05, 3.63) is 29.7 Å². The summed E-state index contributed by atoms with van der Waals surface area (Å²) in [6.45, 7) is 3.49. The van der Waals surface area contributed by atoms with Gasteiger partial charge in [-0.15, -0.1) is 0 Å². The van der Waals surface area contributed by atoms with Crippen LogP contribution in [0.2, 0.25) is 0 Å². The molecule has 0 spiro atoms. The fourth-order valence-electron chi connectivity index (χ4n) is 1.87. The molecule has 1 N–H and O–H groups in total. The standard InChI is InChI=1S/C13H19N5O/c1-10-9-12-14-7-5-11(18(12)16-10)13(19)15-6-4-8-17(2)3/h5,7,9H,4,6,8H2,1-3H3,(H,15,19). The lowest BCUT2D eigenvalue weighted by molar-refractivity contribution is 0.0944. The Bertz CT molecular complexity index is 575. The smallest absolute Gasteiger partial charge is 0.270 e. The first-order valence-electron chi connectivity index (χ1n) is 6.32. The number of amides is 1. The van der Waals surface area contributed by atoms with Gasteiger partial charge in [-0.2, -0.15) is 5.10 Å². The van der Waals surface area contributed by atoms with Crippen LogP contribution in [0.1, 0.15) is 22.6 Å². The third-order valence-corrected chi connectivity index (χ3v) is 2.78. The van der Waals surface area contributed by atoms with Gasteiger partial charge in [0.05, 0.1) is 5.69 Å². The minimum atomic E-state index is -0.116. The molecule has 0 aliphatic carbocycles. The Hall–Kier alpha value is -1.95. The summed E-state index contributed by atoms with van der Waals surface area (Å²) in [5.41, 5.74) is 2.06. The highest BCUT2D eigenvalue weighted by Crippen LogP contribution is 2.06. The summed E-state index contributed by atoms with van der Waals surface area (Å²) in [6.07, 6.45) is 2.55. The van der Waals surface area contributed by atoms with Crippen LogP contribution in [0.5, 0.6) is 0 Å². The van der Waals surface area contributed by atoms with E-state index >= 15 is 0 Å². The van der Waals surface area contributed by atoms with Crippen molar-refractivity contribution >= 4 is 11.6 Å². The van der Waals surface area contributed by atoms with Crippen LogP contribution in [0, 0.1) is 6.92 Å². The van der Waals surface area contributed by atoms with E-state index in [2.05, 4.69) is 20.3 Å². The number of fused-ring (bicyclic) bond motifs is 1. The Morgan fingerprint density at radius 3 is 3.00 bits per heavy atom. The van der Waals surface area contributed by atoms with E-state index in [1.807, 2.05) is 27.1 Å². The number of carbonyl (C=O) groups excluding carboxylic acids is 1. The molecule has 102 valence electrons. The number of hydrogen-bond acceptors (Lipinski definition) is 4. The average molecular weight is 261 g/mol. The van der Waals surface area contributed by atoms with E-state index in [1.54, 1.807) is 16.8 Å². The lowest BCUT2D eigenvalue weighted by atomic mass is 10.3. The predicted octanol–water partition coefficient (Wildman–Crippen LogP) is 0.719. The minimum absolute atomic E-state index is 0.116. The average Bonchev–Trinajstić information content (AvgIpc) is 2.73. The fraction of sp³-hybridized carbons (Fsp3) is 0.462. The van der Waals surface area contributed by atoms with Crippen molar-refractivity contribution in [2.45, 2.75) is 13.3 Å². The molecule has 2 aromatic rings. The van der Waals surface area contributed by atoms with E-state index in [4.69, 9.17) is 0 Å². The summed E-state index contributed by atoms with van der Waals surface area (Å²) in [5, 5.41) is 7.18. The van der Waals surface area contributed by atoms with Gasteiger partial charge >= 0.3 is 0 Å². The van der Waals surface area contributed by atoms with Crippen LogP contribution in [0.25, 0.3) is 5.65 Å². The maximum absolute atomic E-state index is 12.1. The topological polar surface area (TPSA) is 62.5 Å². The van der Waals surface area contributed by atoms with Crippen molar-refractivity contribution in [3.8, 4) is 0 Å². The van der Waals surface area contributed by atoms with Crippen molar-refractivity contribution < 1.29 is 4.79 Å². The lowest BCUT2D eigenvalue weighted by Crippen LogP contribution is -2.28. The van der Waals surface area contributed by atoms with Crippen LogP contribution in [0.4, 0.5) is 0 Å². The normalized spacial score (nSPS) is 11.2. The minimum Gasteiger partial charge on any atom is -0.351 e. The van der Waals surface area contributed by atoms with Crippen LogP contribution >= 0.6 is 0 Å². The quantitative estimate of drug-likeness (QED) is 0.806. The molecular formula is C13H19N5O. The second-order valence-corrected chi connectivity index (χ2v) is 4.80. The van der Waals surface area contributed by atoms with Crippen LogP contribution in [0.3, 0.4) is 0 Å². The van der Waals surface area contributed by atoms with Crippen molar-refractivity contribution in [2.24, 2.45) is 0 Å². The highest BCUT2D eigenvalue weighted by Gasteiger charge is 2.11. The van der Waals surface area contributed by atoms with E-state index in [1.165, 1.54) is 0 Å². The Balaban J connectivity index is 2.05. The summed E-state index contributed by atoms with van der Waals surface area (Å²) in [4.78, 5) is 18.4. The number of hydrogen-bond donors (Lipinski definition) is 1. The maximum atomic E-state index is 12.1. The van der Waals surface area contributed by atoms with E-state index < -0.39 is 0 Å². The van der Waals surface area contributed by atoms with Crippen molar-refractivity contribution in [3.63, 3.8) is 0 Å². The Labute approximate surface area is 112 Å². The molecule has 6 nitrogen and oxygen atoms in total. The molecule has 0 aliphatic heterocycles.